The molecule has 0 unspecified atom stereocenters. The summed E-state index contributed by atoms with van der Waals surface area (Å²) < 4.78 is 27.7. The van der Waals surface area contributed by atoms with Gasteiger partial charge < -0.3 is 10.5 Å². The molecule has 0 spiro atoms. The topological polar surface area (TPSA) is 68.5 Å². The lowest BCUT2D eigenvalue weighted by Crippen LogP contribution is -2.48. The van der Waals surface area contributed by atoms with Gasteiger partial charge in [-0.05, 0) is 19.1 Å². The van der Waals surface area contributed by atoms with Gasteiger partial charge in [0, 0.05) is 17.3 Å². The zero-order valence-electron chi connectivity index (χ0n) is 11.6. The number of rotatable bonds is 0. The lowest BCUT2D eigenvalue weighted by molar-refractivity contribution is -0.120. The Bertz CT molecular complexity index is 483. The second-order valence-electron chi connectivity index (χ2n) is 3.35. The molecule has 0 saturated carbocycles. The average molecular weight is 247 g/mol. The largest absolute Gasteiger partial charge is 0.485 e. The monoisotopic (exact) mass is 246 g/mol. The molecule has 88 valence electrons. The van der Waals surface area contributed by atoms with Gasteiger partial charge in [-0.2, -0.15) is 0 Å². The van der Waals surface area contributed by atoms with Gasteiger partial charge in [0.05, 0.1) is 0 Å². The first-order valence-electron chi connectivity index (χ1n) is 6.03. The summed E-state index contributed by atoms with van der Waals surface area (Å²) in [4.78, 5) is 16.6. The Hall–Kier alpha value is -1.33. The van der Waals surface area contributed by atoms with E-state index in [0.29, 0.717) is 4.90 Å². The number of halogens is 1. The van der Waals surface area contributed by atoms with E-state index < -0.39 is 25.0 Å². The molecule has 1 aromatic heterocycles. The van der Waals surface area contributed by atoms with E-state index in [2.05, 4.69) is 4.98 Å². The summed E-state index contributed by atoms with van der Waals surface area (Å²) in [6.07, 6.45) is 0.781. The number of ether oxygens (including phenoxy) is 1. The highest BCUT2D eigenvalue weighted by Crippen LogP contribution is 2.28. The van der Waals surface area contributed by atoms with E-state index in [1.54, 1.807) is 19.1 Å². The van der Waals surface area contributed by atoms with Crippen molar-refractivity contribution in [2.75, 3.05) is 11.9 Å². The number of carbonyl (C=O) groups is 1. The van der Waals surface area contributed by atoms with Crippen molar-refractivity contribution in [3.05, 3.63) is 18.3 Å². The van der Waals surface area contributed by atoms with Crippen LogP contribution in [0.5, 0.6) is 5.75 Å². The number of fused-ring (bicyclic) bond motifs is 1. The number of nitrogens with two attached hydrogens (primary N) is 1. The second kappa shape index (κ2) is 4.67. The Morgan fingerprint density at radius 3 is 3.12 bits per heavy atom. The van der Waals surface area contributed by atoms with Crippen LogP contribution >= 0.6 is 12.4 Å². The standard InChI is InChI=1S/C10H13N3O2.ClH/c1-6-8(11)10(14)13(2)9-7(15-6)4-3-5-12-9;/h3-6,8H,11H2,1-2H3;1H/t6-,8+;/m1./s1/i2D3;. The third kappa shape index (κ3) is 1.96. The van der Waals surface area contributed by atoms with Crippen LogP contribution in [-0.2, 0) is 4.79 Å². The molecule has 5 nitrogen and oxygen atoms in total. The van der Waals surface area contributed by atoms with Crippen molar-refractivity contribution < 1.29 is 13.6 Å². The lowest BCUT2D eigenvalue weighted by Gasteiger charge is -2.17. The van der Waals surface area contributed by atoms with Gasteiger partial charge in [-0.15, -0.1) is 12.4 Å². The fourth-order valence-electron chi connectivity index (χ4n) is 1.37. The zero-order valence-corrected chi connectivity index (χ0v) is 9.40. The molecule has 0 fully saturated rings. The van der Waals surface area contributed by atoms with Crippen LogP contribution < -0.4 is 15.4 Å². The van der Waals surface area contributed by atoms with E-state index in [9.17, 15) is 4.79 Å². The summed E-state index contributed by atoms with van der Waals surface area (Å²) in [6, 6.07) is 2.12. The van der Waals surface area contributed by atoms with Crippen molar-refractivity contribution in [2.45, 2.75) is 19.1 Å². The maximum atomic E-state index is 12.1. The fourth-order valence-corrected chi connectivity index (χ4v) is 1.37. The van der Waals surface area contributed by atoms with Crippen LogP contribution in [0.3, 0.4) is 0 Å². The Morgan fingerprint density at radius 1 is 1.69 bits per heavy atom. The maximum Gasteiger partial charge on any atom is 0.248 e. The van der Waals surface area contributed by atoms with Gasteiger partial charge in [-0.3, -0.25) is 9.69 Å². The van der Waals surface area contributed by atoms with E-state index in [1.807, 2.05) is 0 Å². The molecule has 1 aromatic rings. The first-order valence-corrected chi connectivity index (χ1v) is 4.53. The van der Waals surface area contributed by atoms with Crippen molar-refractivity contribution in [1.82, 2.24) is 4.98 Å². The molecule has 6 heteroatoms. The predicted molar refractivity (Wildman–Crippen MR) is 63.0 cm³/mol. The summed E-state index contributed by atoms with van der Waals surface area (Å²) in [6.45, 7) is -1.03. The molecule has 0 saturated heterocycles. The number of pyridine rings is 1. The maximum absolute atomic E-state index is 12.1. The first-order chi connectivity index (χ1) is 8.32. The average Bonchev–Trinajstić information content (AvgIpc) is 2.36. The van der Waals surface area contributed by atoms with E-state index >= 15 is 0 Å². The summed E-state index contributed by atoms with van der Waals surface area (Å²) >= 11 is 0. The summed E-state index contributed by atoms with van der Waals surface area (Å²) in [5.74, 6) is -0.510. The van der Waals surface area contributed by atoms with Crippen LogP contribution in [0.1, 0.15) is 11.0 Å². The molecule has 0 radical (unpaired) electrons. The highest BCUT2D eigenvalue weighted by atomic mass is 35.5. The van der Waals surface area contributed by atoms with Gasteiger partial charge in [0.15, 0.2) is 11.6 Å². The van der Waals surface area contributed by atoms with Crippen molar-refractivity contribution in [3.63, 3.8) is 0 Å². The lowest BCUT2D eigenvalue weighted by atomic mass is 10.2. The number of carbonyl (C=O) groups excluding carboxylic acids is 1. The molecular formula is C10H14ClN3O2. The molecule has 0 aromatic carbocycles. The van der Waals surface area contributed by atoms with Crippen LogP contribution in [0, 0.1) is 0 Å². The molecule has 1 aliphatic heterocycles. The first kappa shape index (κ1) is 8.78. The predicted octanol–water partition coefficient (Wildman–Crippen LogP) is 0.574. The number of anilines is 1. The minimum absolute atomic E-state index is 0. The Balaban J connectivity index is 0.00000180. The van der Waals surface area contributed by atoms with Crippen molar-refractivity contribution in [1.29, 1.82) is 0 Å². The summed E-state index contributed by atoms with van der Waals surface area (Å²) in [7, 11) is 0. The van der Waals surface area contributed by atoms with Crippen LogP contribution in [0.4, 0.5) is 5.82 Å². The number of likely N-dealkylation sites (N-methyl/N-ethyl adjacent to an activating group) is 1. The normalized spacial score (nSPS) is 27.5. The van der Waals surface area contributed by atoms with E-state index in [4.69, 9.17) is 14.6 Å². The molecule has 2 N–H and O–H groups in total. The Kier molecular flexibility index (Phi) is 2.56. The van der Waals surface area contributed by atoms with Crippen molar-refractivity contribution >= 4 is 24.1 Å². The smallest absolute Gasteiger partial charge is 0.248 e. The molecular weight excluding hydrogens is 230 g/mol. The van der Waals surface area contributed by atoms with Gasteiger partial charge in [0.25, 0.3) is 0 Å². The summed E-state index contributed by atoms with van der Waals surface area (Å²) in [5, 5.41) is 0. The Morgan fingerprint density at radius 2 is 2.44 bits per heavy atom. The number of amides is 1. The molecule has 0 aliphatic carbocycles. The van der Waals surface area contributed by atoms with Gasteiger partial charge >= 0.3 is 0 Å². The highest BCUT2D eigenvalue weighted by molar-refractivity contribution is 5.97. The number of hydrogen-bond acceptors (Lipinski definition) is 4. The highest BCUT2D eigenvalue weighted by Gasteiger charge is 2.32. The molecule has 1 aliphatic rings. The SMILES string of the molecule is Cl.[2H]C([2H])([2H])N1C(=O)[C@@H](N)[C@@H](C)Oc2cccnc21. The van der Waals surface area contributed by atoms with Gasteiger partial charge in [-0.25, -0.2) is 4.98 Å². The molecule has 0 bridgehead atoms. The molecule has 2 rings (SSSR count). The van der Waals surface area contributed by atoms with Crippen LogP contribution in [-0.4, -0.2) is 30.0 Å². The van der Waals surface area contributed by atoms with Crippen LogP contribution in [0.15, 0.2) is 18.3 Å². The zero-order chi connectivity index (χ0) is 13.5. The van der Waals surface area contributed by atoms with Crippen LogP contribution in [0.25, 0.3) is 0 Å². The molecule has 2 atom stereocenters. The second-order valence-corrected chi connectivity index (χ2v) is 3.35. The number of nitrogens with zero attached hydrogens (tertiary/aromatic N) is 2. The third-order valence-corrected chi connectivity index (χ3v) is 2.29. The minimum Gasteiger partial charge on any atom is -0.485 e. The summed E-state index contributed by atoms with van der Waals surface area (Å²) in [5.41, 5.74) is 5.69. The van der Waals surface area contributed by atoms with Crippen molar-refractivity contribution in [2.24, 2.45) is 5.73 Å². The molecule has 1 amide bonds. The van der Waals surface area contributed by atoms with Gasteiger partial charge in [-0.1, -0.05) is 0 Å². The van der Waals surface area contributed by atoms with Crippen LogP contribution in [0.2, 0.25) is 0 Å². The fraction of sp³-hybridized carbons (Fsp3) is 0.400. The minimum atomic E-state index is -2.65. The Labute approximate surface area is 104 Å². The molecule has 2 heterocycles. The van der Waals surface area contributed by atoms with Gasteiger partial charge in [0.1, 0.15) is 12.1 Å². The number of hydrogen-bond donors (Lipinski definition) is 1. The quantitative estimate of drug-likeness (QED) is 0.727. The van der Waals surface area contributed by atoms with E-state index in [0.717, 1.165) is 0 Å². The van der Waals surface area contributed by atoms with E-state index in [-0.39, 0.29) is 24.0 Å². The third-order valence-electron chi connectivity index (χ3n) is 2.29. The molecule has 16 heavy (non-hydrogen) atoms. The van der Waals surface area contributed by atoms with E-state index in [1.165, 1.54) is 6.20 Å². The van der Waals surface area contributed by atoms with Gasteiger partial charge in [0.2, 0.25) is 5.91 Å². The van der Waals surface area contributed by atoms with Crippen molar-refractivity contribution in [3.8, 4) is 5.75 Å². The number of aromatic nitrogens is 1.